The monoisotopic (exact) mass is 156 g/mol. The molecule has 0 aromatic carbocycles. The standard InChI is InChI=1S/C6H8N2O3/c1-2-6(11-5(9)10)7-3-4-8-6/h3-4H,2H2,1H3,(H,9,10). The van der Waals surface area contributed by atoms with E-state index in [1.807, 2.05) is 0 Å². The van der Waals surface area contributed by atoms with E-state index in [2.05, 4.69) is 14.7 Å². The van der Waals surface area contributed by atoms with Gasteiger partial charge in [-0.2, -0.15) is 0 Å². The summed E-state index contributed by atoms with van der Waals surface area (Å²) in [5.74, 6) is -1.20. The summed E-state index contributed by atoms with van der Waals surface area (Å²) >= 11 is 0. The topological polar surface area (TPSA) is 71.2 Å². The van der Waals surface area contributed by atoms with E-state index in [0.29, 0.717) is 6.42 Å². The van der Waals surface area contributed by atoms with Crippen LogP contribution in [0.3, 0.4) is 0 Å². The molecule has 1 heterocycles. The van der Waals surface area contributed by atoms with E-state index in [1.54, 1.807) is 6.92 Å². The molecule has 11 heavy (non-hydrogen) atoms. The van der Waals surface area contributed by atoms with Crippen LogP contribution in [-0.2, 0) is 4.74 Å². The van der Waals surface area contributed by atoms with Crippen LogP contribution >= 0.6 is 0 Å². The number of nitrogens with zero attached hydrogens (tertiary/aromatic N) is 2. The molecule has 0 aromatic rings. The van der Waals surface area contributed by atoms with Gasteiger partial charge in [0, 0.05) is 18.9 Å². The van der Waals surface area contributed by atoms with Gasteiger partial charge in [0.15, 0.2) is 0 Å². The third kappa shape index (κ3) is 1.54. The first-order valence-electron chi connectivity index (χ1n) is 3.19. The zero-order chi connectivity index (χ0) is 8.32. The van der Waals surface area contributed by atoms with Crippen molar-refractivity contribution in [2.45, 2.75) is 19.2 Å². The van der Waals surface area contributed by atoms with Crippen molar-refractivity contribution in [1.29, 1.82) is 0 Å². The van der Waals surface area contributed by atoms with Gasteiger partial charge in [-0.05, 0) is 0 Å². The number of carbonyl (C=O) groups is 1. The van der Waals surface area contributed by atoms with Crippen LogP contribution in [0.5, 0.6) is 0 Å². The molecule has 1 aliphatic rings. The van der Waals surface area contributed by atoms with Crippen LogP contribution in [0, 0.1) is 0 Å². The van der Waals surface area contributed by atoms with Gasteiger partial charge in [-0.3, -0.25) is 0 Å². The lowest BCUT2D eigenvalue weighted by Gasteiger charge is -2.18. The molecular weight excluding hydrogens is 148 g/mol. The Morgan fingerprint density at radius 3 is 2.55 bits per heavy atom. The molecule has 0 atom stereocenters. The molecule has 5 heteroatoms. The highest BCUT2D eigenvalue weighted by atomic mass is 16.7. The normalized spacial score (nSPS) is 18.6. The Labute approximate surface area is 63.4 Å². The van der Waals surface area contributed by atoms with Gasteiger partial charge in [-0.25, -0.2) is 14.8 Å². The molecule has 1 aliphatic heterocycles. The highest BCUT2D eigenvalue weighted by molar-refractivity contribution is 6.17. The second-order valence-corrected chi connectivity index (χ2v) is 2.02. The smallest absolute Gasteiger partial charge is 0.450 e. The molecule has 0 aromatic heterocycles. The van der Waals surface area contributed by atoms with Gasteiger partial charge < -0.3 is 9.84 Å². The Kier molecular flexibility index (Phi) is 1.89. The van der Waals surface area contributed by atoms with Crippen LogP contribution in [0.4, 0.5) is 4.79 Å². The minimum atomic E-state index is -1.36. The van der Waals surface area contributed by atoms with Gasteiger partial charge in [-0.1, -0.05) is 6.92 Å². The third-order valence-electron chi connectivity index (χ3n) is 1.33. The van der Waals surface area contributed by atoms with Crippen LogP contribution in [0.2, 0.25) is 0 Å². The first kappa shape index (κ1) is 7.71. The highest BCUT2D eigenvalue weighted by Crippen LogP contribution is 2.21. The van der Waals surface area contributed by atoms with Crippen molar-refractivity contribution in [3.63, 3.8) is 0 Å². The summed E-state index contributed by atoms with van der Waals surface area (Å²) in [6, 6.07) is 0. The zero-order valence-corrected chi connectivity index (χ0v) is 6.02. The first-order chi connectivity index (χ1) is 5.18. The van der Waals surface area contributed by atoms with Gasteiger partial charge >= 0.3 is 12.0 Å². The number of rotatable bonds is 2. The Bertz CT molecular complexity index is 210. The van der Waals surface area contributed by atoms with Crippen molar-refractivity contribution in [1.82, 2.24) is 0 Å². The maximum Gasteiger partial charge on any atom is 0.509 e. The molecule has 0 radical (unpaired) electrons. The second-order valence-electron chi connectivity index (χ2n) is 2.02. The predicted molar refractivity (Wildman–Crippen MR) is 39.1 cm³/mol. The molecule has 5 nitrogen and oxygen atoms in total. The van der Waals surface area contributed by atoms with Crippen molar-refractivity contribution in [3.8, 4) is 0 Å². The van der Waals surface area contributed by atoms with Crippen molar-refractivity contribution in [3.05, 3.63) is 0 Å². The van der Waals surface area contributed by atoms with Gasteiger partial charge in [-0.15, -0.1) is 0 Å². The van der Waals surface area contributed by atoms with Crippen molar-refractivity contribution in [2.75, 3.05) is 0 Å². The summed E-state index contributed by atoms with van der Waals surface area (Å²) in [5, 5.41) is 8.30. The zero-order valence-electron chi connectivity index (χ0n) is 6.02. The Morgan fingerprint density at radius 1 is 1.64 bits per heavy atom. The average molecular weight is 156 g/mol. The van der Waals surface area contributed by atoms with Crippen molar-refractivity contribution >= 4 is 18.6 Å². The highest BCUT2D eigenvalue weighted by Gasteiger charge is 2.31. The number of aliphatic imine (C=N–C) groups is 2. The summed E-state index contributed by atoms with van der Waals surface area (Å²) in [7, 11) is 0. The second kappa shape index (κ2) is 2.69. The first-order valence-corrected chi connectivity index (χ1v) is 3.19. The molecule has 60 valence electrons. The molecule has 1 rings (SSSR count). The number of hydrogen-bond acceptors (Lipinski definition) is 4. The van der Waals surface area contributed by atoms with Crippen LogP contribution < -0.4 is 0 Å². The summed E-state index contributed by atoms with van der Waals surface area (Å²) in [6.07, 6.45) is 1.90. The third-order valence-corrected chi connectivity index (χ3v) is 1.33. The minimum Gasteiger partial charge on any atom is -0.450 e. The maximum atomic E-state index is 10.1. The van der Waals surface area contributed by atoms with E-state index < -0.39 is 12.0 Å². The fourth-order valence-corrected chi connectivity index (χ4v) is 0.780. The summed E-state index contributed by atoms with van der Waals surface area (Å²) in [5.41, 5.74) is 0. The van der Waals surface area contributed by atoms with E-state index in [-0.39, 0.29) is 0 Å². The summed E-state index contributed by atoms with van der Waals surface area (Å²) in [4.78, 5) is 17.7. The van der Waals surface area contributed by atoms with E-state index in [1.165, 1.54) is 12.4 Å². The Balaban J connectivity index is 2.69. The molecule has 0 saturated heterocycles. The molecule has 0 unspecified atom stereocenters. The average Bonchev–Trinajstić information content (AvgIpc) is 2.36. The lowest BCUT2D eigenvalue weighted by molar-refractivity contribution is -0.00797. The van der Waals surface area contributed by atoms with Crippen LogP contribution in [-0.4, -0.2) is 29.5 Å². The molecular formula is C6H8N2O3. The molecule has 0 amide bonds. The lowest BCUT2D eigenvalue weighted by atomic mass is 10.3. The molecule has 0 spiro atoms. The Hall–Kier alpha value is -1.39. The van der Waals surface area contributed by atoms with E-state index in [0.717, 1.165) is 0 Å². The fourth-order valence-electron chi connectivity index (χ4n) is 0.780. The van der Waals surface area contributed by atoms with Crippen LogP contribution in [0.1, 0.15) is 13.3 Å². The minimum absolute atomic E-state index is 0.409. The van der Waals surface area contributed by atoms with Crippen LogP contribution in [0.15, 0.2) is 9.98 Å². The van der Waals surface area contributed by atoms with Crippen LogP contribution in [0.25, 0.3) is 0 Å². The van der Waals surface area contributed by atoms with Gasteiger partial charge in [0.25, 0.3) is 0 Å². The fraction of sp³-hybridized carbons (Fsp3) is 0.500. The number of carboxylic acid groups (broad SMARTS) is 1. The lowest BCUT2D eigenvalue weighted by Crippen LogP contribution is -2.27. The molecule has 1 N–H and O–H groups in total. The SMILES string of the molecule is CCC1(OC(=O)O)N=CC=N1. The molecule has 0 aliphatic carbocycles. The molecule has 0 fully saturated rings. The number of hydrogen-bond donors (Lipinski definition) is 1. The molecule has 0 saturated carbocycles. The largest absolute Gasteiger partial charge is 0.509 e. The van der Waals surface area contributed by atoms with E-state index in [4.69, 9.17) is 5.11 Å². The number of ether oxygens (including phenoxy) is 1. The van der Waals surface area contributed by atoms with Crippen molar-refractivity contribution in [2.24, 2.45) is 9.98 Å². The van der Waals surface area contributed by atoms with Gasteiger partial charge in [0.05, 0.1) is 0 Å². The van der Waals surface area contributed by atoms with Gasteiger partial charge in [0.1, 0.15) is 0 Å². The van der Waals surface area contributed by atoms with Gasteiger partial charge in [0.2, 0.25) is 0 Å². The quantitative estimate of drug-likeness (QED) is 0.603. The van der Waals surface area contributed by atoms with Crippen molar-refractivity contribution < 1.29 is 14.6 Å². The summed E-state index contributed by atoms with van der Waals surface area (Å²) < 4.78 is 4.47. The molecule has 0 bridgehead atoms. The summed E-state index contributed by atoms with van der Waals surface area (Å²) in [6.45, 7) is 1.75. The maximum absolute atomic E-state index is 10.1. The Morgan fingerprint density at radius 2 is 2.18 bits per heavy atom. The van der Waals surface area contributed by atoms with E-state index >= 15 is 0 Å². The predicted octanol–water partition coefficient (Wildman–Crippen LogP) is 0.900. The van der Waals surface area contributed by atoms with E-state index in [9.17, 15) is 4.79 Å².